The van der Waals surface area contributed by atoms with E-state index in [0.29, 0.717) is 13.0 Å². The molecule has 0 saturated carbocycles. The van der Waals surface area contributed by atoms with Crippen LogP contribution in [0.3, 0.4) is 0 Å². The van der Waals surface area contributed by atoms with Crippen LogP contribution in [0.4, 0.5) is 11.4 Å². The summed E-state index contributed by atoms with van der Waals surface area (Å²) >= 11 is 0. The lowest BCUT2D eigenvalue weighted by Gasteiger charge is -2.11. The van der Waals surface area contributed by atoms with Crippen LogP contribution in [0.1, 0.15) is 50.7 Å². The molecule has 0 bridgehead atoms. The first-order valence-electron chi connectivity index (χ1n) is 9.49. The van der Waals surface area contributed by atoms with Gasteiger partial charge in [-0.2, -0.15) is 0 Å². The van der Waals surface area contributed by atoms with E-state index < -0.39 is 0 Å². The second-order valence-electron chi connectivity index (χ2n) is 6.83. The van der Waals surface area contributed by atoms with Crippen LogP contribution >= 0.6 is 0 Å². The summed E-state index contributed by atoms with van der Waals surface area (Å²) in [6.07, 6.45) is 1.35. The predicted octanol–water partition coefficient (Wildman–Crippen LogP) is 4.53. The number of anilines is 2. The fraction of sp³-hybridized carbons (Fsp3) is 0.364. The molecule has 27 heavy (non-hydrogen) atoms. The normalized spacial score (nSPS) is 14.4. The summed E-state index contributed by atoms with van der Waals surface area (Å²) < 4.78 is 5.29. The first-order chi connectivity index (χ1) is 13.0. The summed E-state index contributed by atoms with van der Waals surface area (Å²) in [6.45, 7) is 6.65. The molecule has 5 heteroatoms. The molecule has 1 unspecified atom stereocenters. The first-order valence-corrected chi connectivity index (χ1v) is 9.49. The molecule has 1 aliphatic rings. The van der Waals surface area contributed by atoms with Crippen molar-refractivity contribution in [2.45, 2.75) is 39.5 Å². The summed E-state index contributed by atoms with van der Waals surface area (Å²) in [5.41, 5.74) is 6.31. The fourth-order valence-corrected chi connectivity index (χ4v) is 3.41. The number of carbonyl (C=O) groups is 2. The molecule has 0 fully saturated rings. The van der Waals surface area contributed by atoms with E-state index in [9.17, 15) is 9.59 Å². The van der Waals surface area contributed by atoms with Crippen molar-refractivity contribution in [3.05, 3.63) is 47.5 Å². The smallest absolute Gasteiger partial charge is 0.250 e. The van der Waals surface area contributed by atoms with Crippen molar-refractivity contribution in [2.75, 3.05) is 23.8 Å². The zero-order valence-corrected chi connectivity index (χ0v) is 16.1. The third kappa shape index (κ3) is 4.19. The van der Waals surface area contributed by atoms with E-state index in [-0.39, 0.29) is 24.3 Å². The van der Waals surface area contributed by atoms with Crippen molar-refractivity contribution in [2.24, 2.45) is 0 Å². The van der Waals surface area contributed by atoms with Gasteiger partial charge in [-0.3, -0.25) is 9.59 Å². The van der Waals surface area contributed by atoms with Crippen molar-refractivity contribution < 1.29 is 14.3 Å². The molecule has 2 amide bonds. The van der Waals surface area contributed by atoms with Gasteiger partial charge >= 0.3 is 0 Å². The largest absolute Gasteiger partial charge is 0.372 e. The van der Waals surface area contributed by atoms with Crippen LogP contribution < -0.4 is 10.6 Å². The van der Waals surface area contributed by atoms with Crippen molar-refractivity contribution >= 4 is 23.2 Å². The highest BCUT2D eigenvalue weighted by Gasteiger charge is 2.26. The molecule has 2 aromatic carbocycles. The van der Waals surface area contributed by atoms with Gasteiger partial charge in [0.25, 0.3) is 0 Å². The number of hydrogen-bond acceptors (Lipinski definition) is 3. The fourth-order valence-electron chi connectivity index (χ4n) is 3.41. The summed E-state index contributed by atoms with van der Waals surface area (Å²) in [5, 5.41) is 5.82. The lowest BCUT2D eigenvalue weighted by Crippen LogP contribution is -2.18. The number of amides is 2. The van der Waals surface area contributed by atoms with Gasteiger partial charge in [-0.05, 0) is 52.9 Å². The summed E-state index contributed by atoms with van der Waals surface area (Å²) in [6, 6.07) is 12.0. The van der Waals surface area contributed by atoms with Gasteiger partial charge in [0.2, 0.25) is 11.8 Å². The average molecular weight is 366 g/mol. The van der Waals surface area contributed by atoms with E-state index in [1.54, 1.807) is 0 Å². The number of rotatable bonds is 7. The quantitative estimate of drug-likeness (QED) is 0.707. The molecular formula is C22H26N2O3. The lowest BCUT2D eigenvalue weighted by atomic mass is 9.98. The standard InChI is InChI=1S/C22H26N2O3/c1-4-10-27-13-22(26)24-16-7-9-18-17-8-6-15(23-21(25)5-2)11-19(17)14(3)20(18)12-16/h6-9,11-12,14H,4-5,10,13H2,1-3H3,(H,23,25)(H,24,26). The van der Waals surface area contributed by atoms with Gasteiger partial charge in [0.15, 0.2) is 0 Å². The molecule has 0 aromatic heterocycles. The Bertz CT molecular complexity index is 861. The van der Waals surface area contributed by atoms with E-state index in [2.05, 4.69) is 23.6 Å². The number of benzene rings is 2. The van der Waals surface area contributed by atoms with E-state index in [1.165, 1.54) is 22.3 Å². The molecule has 2 aromatic rings. The highest BCUT2D eigenvalue weighted by molar-refractivity contribution is 5.94. The van der Waals surface area contributed by atoms with Crippen molar-refractivity contribution in [1.29, 1.82) is 0 Å². The second kappa shape index (κ2) is 8.35. The van der Waals surface area contributed by atoms with Gasteiger partial charge < -0.3 is 15.4 Å². The third-order valence-electron chi connectivity index (χ3n) is 4.80. The molecule has 0 spiro atoms. The van der Waals surface area contributed by atoms with Gasteiger partial charge in [-0.15, -0.1) is 0 Å². The molecular weight excluding hydrogens is 340 g/mol. The highest BCUT2D eigenvalue weighted by atomic mass is 16.5. The molecule has 1 aliphatic carbocycles. The first kappa shape index (κ1) is 19.1. The SMILES string of the molecule is CCCOCC(=O)Nc1ccc2c(c1)C(C)c1cc(NC(=O)CC)ccc1-2. The number of carbonyl (C=O) groups excluding carboxylic acids is 2. The van der Waals surface area contributed by atoms with Crippen LogP contribution in [0.15, 0.2) is 36.4 Å². The maximum absolute atomic E-state index is 12.0. The van der Waals surface area contributed by atoms with E-state index in [1.807, 2.05) is 44.2 Å². The van der Waals surface area contributed by atoms with Crippen LogP contribution in [0, 0.1) is 0 Å². The molecule has 0 saturated heterocycles. The number of hydrogen-bond donors (Lipinski definition) is 2. The van der Waals surface area contributed by atoms with Crippen LogP contribution in [0.2, 0.25) is 0 Å². The summed E-state index contributed by atoms with van der Waals surface area (Å²) in [7, 11) is 0. The average Bonchev–Trinajstić information content (AvgIpc) is 2.93. The Morgan fingerprint density at radius 2 is 1.48 bits per heavy atom. The van der Waals surface area contributed by atoms with E-state index >= 15 is 0 Å². The summed E-state index contributed by atoms with van der Waals surface area (Å²) in [5.74, 6) is 0.0613. The predicted molar refractivity (Wildman–Crippen MR) is 108 cm³/mol. The molecule has 0 radical (unpaired) electrons. The highest BCUT2D eigenvalue weighted by Crippen LogP contribution is 2.46. The number of fused-ring (bicyclic) bond motifs is 3. The summed E-state index contributed by atoms with van der Waals surface area (Å²) in [4.78, 5) is 23.6. The van der Waals surface area contributed by atoms with Gasteiger partial charge in [0.05, 0.1) is 0 Å². The molecule has 0 aliphatic heterocycles. The molecule has 1 atom stereocenters. The Morgan fingerprint density at radius 3 is 2.00 bits per heavy atom. The Kier molecular flexibility index (Phi) is 5.91. The van der Waals surface area contributed by atoms with Crippen LogP contribution in [0.5, 0.6) is 0 Å². The Morgan fingerprint density at radius 1 is 0.926 bits per heavy atom. The second-order valence-corrected chi connectivity index (χ2v) is 6.83. The minimum atomic E-state index is -0.142. The minimum absolute atomic E-state index is 0.00778. The molecule has 142 valence electrons. The van der Waals surface area contributed by atoms with Crippen LogP contribution in [-0.2, 0) is 14.3 Å². The zero-order valence-electron chi connectivity index (χ0n) is 16.1. The lowest BCUT2D eigenvalue weighted by molar-refractivity contribution is -0.120. The van der Waals surface area contributed by atoms with Crippen molar-refractivity contribution in [1.82, 2.24) is 0 Å². The monoisotopic (exact) mass is 366 g/mol. The molecule has 5 nitrogen and oxygen atoms in total. The maximum atomic E-state index is 12.0. The van der Waals surface area contributed by atoms with Crippen molar-refractivity contribution in [3.63, 3.8) is 0 Å². The van der Waals surface area contributed by atoms with Crippen LogP contribution in [0.25, 0.3) is 11.1 Å². The van der Waals surface area contributed by atoms with Gasteiger partial charge in [0, 0.05) is 30.3 Å². The number of ether oxygens (including phenoxy) is 1. The topological polar surface area (TPSA) is 67.4 Å². The van der Waals surface area contributed by atoms with Gasteiger partial charge in [-0.1, -0.05) is 32.9 Å². The van der Waals surface area contributed by atoms with E-state index in [0.717, 1.165) is 17.8 Å². The third-order valence-corrected chi connectivity index (χ3v) is 4.80. The van der Waals surface area contributed by atoms with Crippen molar-refractivity contribution in [3.8, 4) is 11.1 Å². The molecule has 2 N–H and O–H groups in total. The van der Waals surface area contributed by atoms with Gasteiger partial charge in [-0.25, -0.2) is 0 Å². The van der Waals surface area contributed by atoms with E-state index in [4.69, 9.17) is 4.74 Å². The van der Waals surface area contributed by atoms with Gasteiger partial charge in [0.1, 0.15) is 6.61 Å². The minimum Gasteiger partial charge on any atom is -0.372 e. The number of nitrogens with one attached hydrogen (secondary N) is 2. The van der Waals surface area contributed by atoms with Crippen LogP contribution in [-0.4, -0.2) is 25.0 Å². The molecule has 3 rings (SSSR count). The Balaban J connectivity index is 1.78. The zero-order chi connectivity index (χ0) is 19.4. The Labute approximate surface area is 160 Å². The molecule has 0 heterocycles. The maximum Gasteiger partial charge on any atom is 0.250 e. The Hall–Kier alpha value is -2.66.